The number of hydrogen-bond donors (Lipinski definition) is 0. The number of ether oxygens (including phenoxy) is 2. The van der Waals surface area contributed by atoms with Crippen LogP contribution in [0.25, 0.3) is 10.4 Å². The minimum Gasteiger partial charge on any atom is -0.485 e. The fourth-order valence-electron chi connectivity index (χ4n) is 3.98. The summed E-state index contributed by atoms with van der Waals surface area (Å²) in [6.45, 7) is 1.15. The first-order valence-corrected chi connectivity index (χ1v) is 10.7. The molecule has 5 heterocycles. The van der Waals surface area contributed by atoms with Crippen molar-refractivity contribution in [2.24, 2.45) is 0 Å². The van der Waals surface area contributed by atoms with E-state index in [2.05, 4.69) is 39.6 Å². The first-order chi connectivity index (χ1) is 15.4. The first kappa shape index (κ1) is 18.0. The predicted molar refractivity (Wildman–Crippen MR) is 115 cm³/mol. The van der Waals surface area contributed by atoms with Gasteiger partial charge in [-0.15, -0.1) is 11.3 Å². The summed E-state index contributed by atoms with van der Waals surface area (Å²) in [5, 5.41) is 15.7. The maximum Gasteiger partial charge on any atom is 0.276 e. The van der Waals surface area contributed by atoms with Crippen LogP contribution in [0.5, 0.6) is 11.5 Å². The van der Waals surface area contributed by atoms with Gasteiger partial charge in [0.15, 0.2) is 11.5 Å². The van der Waals surface area contributed by atoms with Crippen LogP contribution in [-0.2, 0) is 5.79 Å². The molecule has 1 aliphatic rings. The second-order valence-corrected chi connectivity index (χ2v) is 7.90. The van der Waals surface area contributed by atoms with Gasteiger partial charge in [0.1, 0.15) is 13.2 Å². The highest BCUT2D eigenvalue weighted by Gasteiger charge is 2.40. The van der Waals surface area contributed by atoms with Gasteiger partial charge >= 0.3 is 0 Å². The van der Waals surface area contributed by atoms with Crippen molar-refractivity contribution < 1.29 is 9.47 Å². The average molecular weight is 430 g/mol. The van der Waals surface area contributed by atoms with Crippen LogP contribution in [0.3, 0.4) is 0 Å². The van der Waals surface area contributed by atoms with Crippen LogP contribution in [0.15, 0.2) is 85.0 Å². The SMILES string of the molecule is c1cnn(C(c2ccc(-c3scc4c3OCCO4)cc2)(n2cccn2)n2cccn2)c1. The summed E-state index contributed by atoms with van der Waals surface area (Å²) in [7, 11) is 0. The Balaban J connectivity index is 1.52. The molecule has 9 heteroatoms. The van der Waals surface area contributed by atoms with Crippen molar-refractivity contribution in [2.75, 3.05) is 13.2 Å². The summed E-state index contributed by atoms with van der Waals surface area (Å²) < 4.78 is 17.1. The molecule has 1 aromatic carbocycles. The fourth-order valence-corrected chi connectivity index (χ4v) is 4.92. The Morgan fingerprint density at radius 2 is 1.35 bits per heavy atom. The van der Waals surface area contributed by atoms with Gasteiger partial charge in [0.05, 0.1) is 4.88 Å². The molecule has 0 fully saturated rings. The second-order valence-electron chi connectivity index (χ2n) is 7.02. The molecule has 0 unspecified atom stereocenters. The highest BCUT2D eigenvalue weighted by Crippen LogP contribution is 2.45. The molecule has 0 amide bonds. The molecule has 1 aliphatic heterocycles. The van der Waals surface area contributed by atoms with Crippen molar-refractivity contribution in [2.45, 2.75) is 5.79 Å². The molecule has 6 rings (SSSR count). The van der Waals surface area contributed by atoms with Crippen LogP contribution in [0, 0.1) is 0 Å². The quantitative estimate of drug-likeness (QED) is 0.427. The molecule has 31 heavy (non-hydrogen) atoms. The summed E-state index contributed by atoms with van der Waals surface area (Å²) in [4.78, 5) is 1.06. The third kappa shape index (κ3) is 2.70. The van der Waals surface area contributed by atoms with Crippen LogP contribution in [-0.4, -0.2) is 42.6 Å². The predicted octanol–water partition coefficient (Wildman–Crippen LogP) is 3.53. The van der Waals surface area contributed by atoms with E-state index in [0.717, 1.165) is 27.5 Å². The van der Waals surface area contributed by atoms with Gasteiger partial charge < -0.3 is 9.47 Å². The fraction of sp³-hybridized carbons (Fsp3) is 0.136. The van der Waals surface area contributed by atoms with Gasteiger partial charge in [0.25, 0.3) is 5.79 Å². The van der Waals surface area contributed by atoms with Gasteiger partial charge in [-0.25, -0.2) is 14.0 Å². The lowest BCUT2D eigenvalue weighted by Crippen LogP contribution is -2.50. The van der Waals surface area contributed by atoms with Crippen molar-refractivity contribution in [1.82, 2.24) is 29.3 Å². The van der Waals surface area contributed by atoms with E-state index in [1.807, 2.05) is 56.2 Å². The molecule has 0 saturated heterocycles. The number of nitrogens with zero attached hydrogens (tertiary/aromatic N) is 6. The van der Waals surface area contributed by atoms with Crippen molar-refractivity contribution in [1.29, 1.82) is 0 Å². The number of aromatic nitrogens is 6. The normalized spacial score (nSPS) is 13.4. The van der Waals surface area contributed by atoms with E-state index in [9.17, 15) is 0 Å². The molecule has 0 bridgehead atoms. The Morgan fingerprint density at radius 3 is 1.90 bits per heavy atom. The zero-order chi connectivity index (χ0) is 20.7. The molecule has 154 valence electrons. The molecule has 0 atom stereocenters. The van der Waals surface area contributed by atoms with E-state index < -0.39 is 5.79 Å². The van der Waals surface area contributed by atoms with Crippen molar-refractivity contribution in [3.63, 3.8) is 0 Å². The zero-order valence-corrected chi connectivity index (χ0v) is 17.2. The third-order valence-corrected chi connectivity index (χ3v) is 6.30. The molecule has 0 N–H and O–H groups in total. The smallest absolute Gasteiger partial charge is 0.276 e. The standard InChI is InChI=1S/C22H18N6O2S/c1-8-23-26(11-1)22(27-12-2-9-24-27,28-13-3-10-25-28)18-6-4-17(5-7-18)21-20-19(16-31-21)29-14-15-30-20/h1-13,16H,14-15H2. The van der Waals surface area contributed by atoms with Gasteiger partial charge in [-0.2, -0.15) is 15.3 Å². The van der Waals surface area contributed by atoms with Gasteiger partial charge in [-0.05, 0) is 23.8 Å². The minimum atomic E-state index is -0.927. The van der Waals surface area contributed by atoms with Crippen LogP contribution < -0.4 is 9.47 Å². The molecule has 4 aromatic heterocycles. The second kappa shape index (κ2) is 7.13. The van der Waals surface area contributed by atoms with Crippen molar-refractivity contribution in [3.8, 4) is 21.9 Å². The van der Waals surface area contributed by atoms with Gasteiger partial charge in [0.2, 0.25) is 0 Å². The lowest BCUT2D eigenvalue weighted by atomic mass is 10.0. The molecule has 0 saturated carbocycles. The number of rotatable bonds is 5. The Bertz CT molecular complexity index is 1190. The number of thiophene rings is 1. The Labute approximate surface area is 181 Å². The summed E-state index contributed by atoms with van der Waals surface area (Å²) in [6.07, 6.45) is 11.0. The van der Waals surface area contributed by atoms with E-state index in [1.54, 1.807) is 29.9 Å². The highest BCUT2D eigenvalue weighted by molar-refractivity contribution is 7.14. The van der Waals surface area contributed by atoms with Gasteiger partial charge in [-0.3, -0.25) is 0 Å². The summed E-state index contributed by atoms with van der Waals surface area (Å²) in [6, 6.07) is 14.0. The molecule has 0 spiro atoms. The van der Waals surface area contributed by atoms with Gasteiger partial charge in [0, 0.05) is 48.1 Å². The zero-order valence-electron chi connectivity index (χ0n) is 16.4. The maximum absolute atomic E-state index is 5.87. The maximum atomic E-state index is 5.87. The topological polar surface area (TPSA) is 71.9 Å². The molecular formula is C22H18N6O2S. The monoisotopic (exact) mass is 430 g/mol. The van der Waals surface area contributed by atoms with E-state index in [4.69, 9.17) is 9.47 Å². The summed E-state index contributed by atoms with van der Waals surface area (Å²) in [5.74, 6) is 0.708. The first-order valence-electron chi connectivity index (χ1n) is 9.86. The summed E-state index contributed by atoms with van der Waals surface area (Å²) in [5.41, 5.74) is 2.02. The van der Waals surface area contributed by atoms with Gasteiger partial charge in [-0.1, -0.05) is 24.3 Å². The largest absolute Gasteiger partial charge is 0.485 e. The Kier molecular flexibility index (Phi) is 4.13. The lowest BCUT2D eigenvalue weighted by Gasteiger charge is -2.35. The van der Waals surface area contributed by atoms with E-state index in [0.29, 0.717) is 13.2 Å². The molecule has 8 nitrogen and oxygen atoms in total. The van der Waals surface area contributed by atoms with Crippen LogP contribution >= 0.6 is 11.3 Å². The molecular weight excluding hydrogens is 412 g/mol. The summed E-state index contributed by atoms with van der Waals surface area (Å²) >= 11 is 1.62. The molecule has 5 aromatic rings. The average Bonchev–Trinajstić information content (AvgIpc) is 3.64. The van der Waals surface area contributed by atoms with E-state index in [-0.39, 0.29) is 0 Å². The Hall–Kier alpha value is -3.85. The molecule has 0 radical (unpaired) electrons. The van der Waals surface area contributed by atoms with E-state index >= 15 is 0 Å². The number of fused-ring (bicyclic) bond motifs is 1. The van der Waals surface area contributed by atoms with Crippen molar-refractivity contribution >= 4 is 11.3 Å². The van der Waals surface area contributed by atoms with Crippen LogP contribution in [0.2, 0.25) is 0 Å². The van der Waals surface area contributed by atoms with Crippen LogP contribution in [0.1, 0.15) is 5.56 Å². The van der Waals surface area contributed by atoms with Crippen LogP contribution in [0.4, 0.5) is 0 Å². The lowest BCUT2D eigenvalue weighted by molar-refractivity contribution is 0.169. The number of benzene rings is 1. The third-order valence-electron chi connectivity index (χ3n) is 5.31. The highest BCUT2D eigenvalue weighted by atomic mass is 32.1. The minimum absolute atomic E-state index is 0.565. The number of hydrogen-bond acceptors (Lipinski definition) is 6. The molecule has 0 aliphatic carbocycles. The van der Waals surface area contributed by atoms with Crippen molar-refractivity contribution in [3.05, 3.63) is 90.6 Å². The van der Waals surface area contributed by atoms with E-state index in [1.165, 1.54) is 0 Å². The Morgan fingerprint density at radius 1 is 0.774 bits per heavy atom.